The number of nitrogens with one attached hydrogen (secondary N) is 3. The Morgan fingerprint density at radius 3 is 2.60 bits per heavy atom. The van der Waals surface area contributed by atoms with E-state index in [1.165, 1.54) is 12.1 Å². The van der Waals surface area contributed by atoms with Gasteiger partial charge >= 0.3 is 0 Å². The quantitative estimate of drug-likeness (QED) is 0.639. The highest BCUT2D eigenvalue weighted by Gasteiger charge is 2.14. The van der Waals surface area contributed by atoms with Crippen LogP contribution in [0.5, 0.6) is 0 Å². The Bertz CT molecular complexity index is 889. The number of nitrogens with zero attached hydrogens (tertiary/aromatic N) is 1. The van der Waals surface area contributed by atoms with Crippen LogP contribution in [0.1, 0.15) is 16.1 Å². The van der Waals surface area contributed by atoms with Crippen LogP contribution in [0.4, 0.5) is 4.39 Å². The molecule has 3 rings (SSSR count). The average molecular weight is 340 g/mol. The summed E-state index contributed by atoms with van der Waals surface area (Å²) in [7, 11) is 0. The molecule has 0 aliphatic rings. The van der Waals surface area contributed by atoms with Gasteiger partial charge in [-0.2, -0.15) is 5.10 Å². The number of aromatic nitrogens is 2. The van der Waals surface area contributed by atoms with E-state index in [-0.39, 0.29) is 24.0 Å². The third-order valence-electron chi connectivity index (χ3n) is 3.74. The van der Waals surface area contributed by atoms with Gasteiger partial charge in [0.05, 0.1) is 12.1 Å². The largest absolute Gasteiger partial charge is 0.354 e. The number of para-hydroxylation sites is 1. The lowest BCUT2D eigenvalue weighted by molar-refractivity contribution is -0.120. The van der Waals surface area contributed by atoms with Gasteiger partial charge in [-0.3, -0.25) is 14.7 Å². The Kier molecular flexibility index (Phi) is 5.03. The van der Waals surface area contributed by atoms with Crippen LogP contribution in [0, 0.1) is 5.82 Å². The Balaban J connectivity index is 1.45. The second kappa shape index (κ2) is 7.57. The standard InChI is InChI=1S/C18H17FN4O2/c19-13-7-5-12(6-8-13)9-10-20-16(24)11-21-18(25)17-14-3-1-2-4-15(14)22-23-17/h1-8H,9-11H2,(H,20,24)(H,21,25)(H,22,23). The van der Waals surface area contributed by atoms with Crippen LogP contribution in [0.15, 0.2) is 48.5 Å². The van der Waals surface area contributed by atoms with Crippen molar-refractivity contribution >= 4 is 22.7 Å². The zero-order valence-corrected chi connectivity index (χ0v) is 13.4. The first kappa shape index (κ1) is 16.6. The molecule has 2 aromatic carbocycles. The summed E-state index contributed by atoms with van der Waals surface area (Å²) in [5.74, 6) is -0.997. The molecule has 0 fully saturated rings. The number of rotatable bonds is 6. The summed E-state index contributed by atoms with van der Waals surface area (Å²) in [5, 5.41) is 12.7. The molecule has 0 aliphatic heterocycles. The lowest BCUT2D eigenvalue weighted by atomic mass is 10.1. The second-order valence-corrected chi connectivity index (χ2v) is 5.53. The van der Waals surface area contributed by atoms with E-state index in [2.05, 4.69) is 20.8 Å². The minimum Gasteiger partial charge on any atom is -0.354 e. The monoisotopic (exact) mass is 340 g/mol. The lowest BCUT2D eigenvalue weighted by Crippen LogP contribution is -2.37. The molecule has 1 heterocycles. The summed E-state index contributed by atoms with van der Waals surface area (Å²) < 4.78 is 12.8. The van der Waals surface area contributed by atoms with Crippen LogP contribution in [-0.4, -0.2) is 35.1 Å². The Hall–Kier alpha value is -3.22. The van der Waals surface area contributed by atoms with E-state index in [4.69, 9.17) is 0 Å². The highest BCUT2D eigenvalue weighted by molar-refractivity contribution is 6.05. The number of aromatic amines is 1. The van der Waals surface area contributed by atoms with Crippen molar-refractivity contribution in [3.63, 3.8) is 0 Å². The fraction of sp³-hybridized carbons (Fsp3) is 0.167. The predicted molar refractivity (Wildman–Crippen MR) is 91.5 cm³/mol. The maximum absolute atomic E-state index is 12.8. The van der Waals surface area contributed by atoms with Crippen molar-refractivity contribution in [3.8, 4) is 0 Å². The van der Waals surface area contributed by atoms with E-state index >= 15 is 0 Å². The van der Waals surface area contributed by atoms with Crippen LogP contribution < -0.4 is 10.6 Å². The number of halogens is 1. The summed E-state index contributed by atoms with van der Waals surface area (Å²) in [6.45, 7) is 0.273. The van der Waals surface area contributed by atoms with Gasteiger partial charge in [-0.05, 0) is 30.2 Å². The molecule has 0 saturated heterocycles. The molecule has 0 aliphatic carbocycles. The number of H-pyrrole nitrogens is 1. The molecule has 25 heavy (non-hydrogen) atoms. The van der Waals surface area contributed by atoms with E-state index in [9.17, 15) is 14.0 Å². The number of carbonyl (C=O) groups is 2. The molecule has 3 N–H and O–H groups in total. The molecule has 128 valence electrons. The molecule has 2 amide bonds. The molecule has 0 unspecified atom stereocenters. The van der Waals surface area contributed by atoms with Crippen molar-refractivity contribution in [2.75, 3.05) is 13.1 Å². The molecule has 0 bridgehead atoms. The van der Waals surface area contributed by atoms with Crippen molar-refractivity contribution in [1.82, 2.24) is 20.8 Å². The average Bonchev–Trinajstić information content (AvgIpc) is 3.05. The number of amides is 2. The number of hydrogen-bond donors (Lipinski definition) is 3. The Morgan fingerprint density at radius 2 is 1.80 bits per heavy atom. The van der Waals surface area contributed by atoms with Gasteiger partial charge in [-0.1, -0.05) is 30.3 Å². The first-order valence-electron chi connectivity index (χ1n) is 7.86. The molecule has 0 radical (unpaired) electrons. The highest BCUT2D eigenvalue weighted by Crippen LogP contribution is 2.14. The number of fused-ring (bicyclic) bond motifs is 1. The molecule has 1 aromatic heterocycles. The normalized spacial score (nSPS) is 10.6. The summed E-state index contributed by atoms with van der Waals surface area (Å²) >= 11 is 0. The Labute approximate surface area is 143 Å². The summed E-state index contributed by atoms with van der Waals surface area (Å²) in [6, 6.07) is 13.4. The van der Waals surface area contributed by atoms with Crippen molar-refractivity contribution in [2.45, 2.75) is 6.42 Å². The number of hydrogen-bond acceptors (Lipinski definition) is 3. The van der Waals surface area contributed by atoms with Gasteiger partial charge in [0, 0.05) is 11.9 Å². The predicted octanol–water partition coefficient (Wildman–Crippen LogP) is 1.79. The minimum absolute atomic E-state index is 0.135. The first-order chi connectivity index (χ1) is 12.1. The molecule has 0 saturated carbocycles. The van der Waals surface area contributed by atoms with Gasteiger partial charge in [0.25, 0.3) is 5.91 Å². The van der Waals surface area contributed by atoms with Gasteiger partial charge in [0.1, 0.15) is 5.82 Å². The Morgan fingerprint density at radius 1 is 1.04 bits per heavy atom. The maximum Gasteiger partial charge on any atom is 0.272 e. The second-order valence-electron chi connectivity index (χ2n) is 5.53. The van der Waals surface area contributed by atoms with Gasteiger partial charge < -0.3 is 10.6 Å². The fourth-order valence-corrected chi connectivity index (χ4v) is 2.44. The lowest BCUT2D eigenvalue weighted by Gasteiger charge is -2.06. The third kappa shape index (κ3) is 4.20. The molecule has 0 atom stereocenters. The maximum atomic E-state index is 12.8. The summed E-state index contributed by atoms with van der Waals surface area (Å²) in [4.78, 5) is 24.0. The molecule has 6 nitrogen and oxygen atoms in total. The van der Waals surface area contributed by atoms with E-state index in [0.717, 1.165) is 11.1 Å². The van der Waals surface area contributed by atoms with Crippen molar-refractivity contribution < 1.29 is 14.0 Å². The van der Waals surface area contributed by atoms with Crippen molar-refractivity contribution in [1.29, 1.82) is 0 Å². The van der Waals surface area contributed by atoms with E-state index in [0.29, 0.717) is 18.4 Å². The molecule has 3 aromatic rings. The molecular formula is C18H17FN4O2. The first-order valence-corrected chi connectivity index (χ1v) is 7.86. The topological polar surface area (TPSA) is 86.9 Å². The fourth-order valence-electron chi connectivity index (χ4n) is 2.44. The van der Waals surface area contributed by atoms with E-state index < -0.39 is 5.91 Å². The number of carbonyl (C=O) groups excluding carboxylic acids is 2. The third-order valence-corrected chi connectivity index (χ3v) is 3.74. The SMILES string of the molecule is O=C(CNC(=O)c1n[nH]c2ccccc12)NCCc1ccc(F)cc1. The van der Waals surface area contributed by atoms with Crippen molar-refractivity contribution in [3.05, 3.63) is 65.6 Å². The zero-order valence-electron chi connectivity index (χ0n) is 13.4. The van der Waals surface area contributed by atoms with Gasteiger partial charge in [0.2, 0.25) is 5.91 Å². The van der Waals surface area contributed by atoms with Crippen molar-refractivity contribution in [2.24, 2.45) is 0 Å². The van der Waals surface area contributed by atoms with Crippen LogP contribution in [-0.2, 0) is 11.2 Å². The smallest absolute Gasteiger partial charge is 0.272 e. The van der Waals surface area contributed by atoms with Crippen LogP contribution in [0.2, 0.25) is 0 Å². The number of benzene rings is 2. The summed E-state index contributed by atoms with van der Waals surface area (Å²) in [5.41, 5.74) is 1.94. The van der Waals surface area contributed by atoms with Gasteiger partial charge in [-0.25, -0.2) is 4.39 Å². The van der Waals surface area contributed by atoms with Crippen LogP contribution in [0.25, 0.3) is 10.9 Å². The van der Waals surface area contributed by atoms with E-state index in [1.807, 2.05) is 18.2 Å². The highest BCUT2D eigenvalue weighted by atomic mass is 19.1. The van der Waals surface area contributed by atoms with Gasteiger partial charge in [-0.15, -0.1) is 0 Å². The summed E-state index contributed by atoms with van der Waals surface area (Å²) in [6.07, 6.45) is 0.587. The minimum atomic E-state index is -0.411. The zero-order chi connectivity index (χ0) is 17.6. The van der Waals surface area contributed by atoms with E-state index in [1.54, 1.807) is 18.2 Å². The molecular weight excluding hydrogens is 323 g/mol. The van der Waals surface area contributed by atoms with Gasteiger partial charge in [0.15, 0.2) is 5.69 Å². The van der Waals surface area contributed by atoms with Crippen LogP contribution >= 0.6 is 0 Å². The van der Waals surface area contributed by atoms with Crippen LogP contribution in [0.3, 0.4) is 0 Å². The molecule has 0 spiro atoms. The molecule has 7 heteroatoms.